The third kappa shape index (κ3) is 3.68. The van der Waals surface area contributed by atoms with Crippen LogP contribution in [0.1, 0.15) is 38.0 Å². The van der Waals surface area contributed by atoms with Gasteiger partial charge in [-0.2, -0.15) is 0 Å². The van der Waals surface area contributed by atoms with Crippen molar-refractivity contribution in [3.63, 3.8) is 0 Å². The minimum Gasteiger partial charge on any atom is -0.362 e. The molecule has 0 bridgehead atoms. The van der Waals surface area contributed by atoms with Crippen molar-refractivity contribution in [2.45, 2.75) is 45.7 Å². The molecule has 0 spiro atoms. The van der Waals surface area contributed by atoms with Crippen LogP contribution in [0.5, 0.6) is 0 Å². The molecule has 1 fully saturated rings. The molecule has 1 atom stereocenters. The summed E-state index contributed by atoms with van der Waals surface area (Å²) in [6.07, 6.45) is 5.99. The maximum atomic E-state index is 4.41. The Balaban J connectivity index is 1.82. The van der Waals surface area contributed by atoms with E-state index < -0.39 is 0 Å². The zero-order valence-corrected chi connectivity index (χ0v) is 11.9. The van der Waals surface area contributed by atoms with E-state index in [1.807, 2.05) is 6.20 Å². The molecular formula is C13H23N3S. The molecule has 17 heavy (non-hydrogen) atoms. The Morgan fingerprint density at radius 1 is 1.59 bits per heavy atom. The first kappa shape index (κ1) is 12.8. The average Bonchev–Trinajstić information content (AvgIpc) is 3.08. The second-order valence-corrected chi connectivity index (χ2v) is 6.17. The SMILES string of the molecule is CCCNc1ncc(CN(C)C(C)C2CC2)s1. The number of nitrogens with one attached hydrogen (secondary N) is 1. The average molecular weight is 253 g/mol. The topological polar surface area (TPSA) is 28.2 Å². The predicted molar refractivity (Wildman–Crippen MR) is 74.5 cm³/mol. The summed E-state index contributed by atoms with van der Waals surface area (Å²) in [7, 11) is 2.22. The lowest BCUT2D eigenvalue weighted by Gasteiger charge is -2.23. The third-order valence-corrected chi connectivity index (χ3v) is 4.42. The Hall–Kier alpha value is -0.610. The molecule has 0 aromatic carbocycles. The van der Waals surface area contributed by atoms with Gasteiger partial charge in [-0.1, -0.05) is 6.92 Å². The van der Waals surface area contributed by atoms with Gasteiger partial charge in [-0.15, -0.1) is 11.3 Å². The summed E-state index contributed by atoms with van der Waals surface area (Å²) in [6.45, 7) is 6.56. The number of anilines is 1. The van der Waals surface area contributed by atoms with Gasteiger partial charge in [-0.3, -0.25) is 4.90 Å². The van der Waals surface area contributed by atoms with E-state index in [-0.39, 0.29) is 0 Å². The van der Waals surface area contributed by atoms with Crippen molar-refractivity contribution in [3.05, 3.63) is 11.1 Å². The standard InChI is InChI=1S/C13H23N3S/c1-4-7-14-13-15-8-12(17-13)9-16(3)10(2)11-5-6-11/h8,10-11H,4-7,9H2,1-3H3,(H,14,15). The maximum absolute atomic E-state index is 4.41. The summed E-state index contributed by atoms with van der Waals surface area (Å²) in [4.78, 5) is 8.22. The largest absolute Gasteiger partial charge is 0.362 e. The third-order valence-electron chi connectivity index (χ3n) is 3.48. The van der Waals surface area contributed by atoms with Crippen LogP contribution in [0.25, 0.3) is 0 Å². The number of thiazole rings is 1. The van der Waals surface area contributed by atoms with Gasteiger partial charge in [0.25, 0.3) is 0 Å². The van der Waals surface area contributed by atoms with Crippen molar-refractivity contribution in [1.82, 2.24) is 9.88 Å². The molecule has 2 rings (SSSR count). The molecule has 96 valence electrons. The Labute approximate surface area is 108 Å². The molecule has 3 nitrogen and oxygen atoms in total. The summed E-state index contributed by atoms with van der Waals surface area (Å²) in [5.41, 5.74) is 0. The molecule has 1 unspecified atom stereocenters. The smallest absolute Gasteiger partial charge is 0.182 e. The van der Waals surface area contributed by atoms with Crippen molar-refractivity contribution in [2.75, 3.05) is 18.9 Å². The molecule has 1 aliphatic rings. The minimum absolute atomic E-state index is 0.712. The molecule has 1 aromatic rings. The zero-order chi connectivity index (χ0) is 12.3. The molecule has 0 saturated heterocycles. The van der Waals surface area contributed by atoms with Crippen LogP contribution < -0.4 is 5.32 Å². The summed E-state index contributed by atoms with van der Waals surface area (Å²) in [5, 5.41) is 4.41. The Kier molecular flexibility index (Phi) is 4.40. The van der Waals surface area contributed by atoms with Crippen LogP contribution in [0.2, 0.25) is 0 Å². The number of aromatic nitrogens is 1. The number of rotatable bonds is 7. The number of hydrogen-bond donors (Lipinski definition) is 1. The van der Waals surface area contributed by atoms with Gasteiger partial charge in [-0.25, -0.2) is 4.98 Å². The first-order chi connectivity index (χ1) is 8.20. The van der Waals surface area contributed by atoms with E-state index in [9.17, 15) is 0 Å². The highest BCUT2D eigenvalue weighted by Crippen LogP contribution is 2.35. The van der Waals surface area contributed by atoms with Crippen LogP contribution in [0.3, 0.4) is 0 Å². The lowest BCUT2D eigenvalue weighted by atomic mass is 10.2. The van der Waals surface area contributed by atoms with Gasteiger partial charge in [0, 0.05) is 30.2 Å². The van der Waals surface area contributed by atoms with E-state index in [1.165, 1.54) is 17.7 Å². The van der Waals surface area contributed by atoms with Crippen LogP contribution in [0, 0.1) is 5.92 Å². The first-order valence-electron chi connectivity index (χ1n) is 6.59. The molecule has 0 aliphatic heterocycles. The second-order valence-electron chi connectivity index (χ2n) is 5.05. The lowest BCUT2D eigenvalue weighted by Crippen LogP contribution is -2.29. The van der Waals surface area contributed by atoms with Crippen molar-refractivity contribution >= 4 is 16.5 Å². The van der Waals surface area contributed by atoms with Gasteiger partial charge >= 0.3 is 0 Å². The molecule has 4 heteroatoms. The quantitative estimate of drug-likeness (QED) is 0.809. The van der Waals surface area contributed by atoms with E-state index in [0.29, 0.717) is 6.04 Å². The van der Waals surface area contributed by atoms with E-state index in [2.05, 4.69) is 36.1 Å². The number of hydrogen-bond acceptors (Lipinski definition) is 4. The van der Waals surface area contributed by atoms with Crippen LogP contribution in [-0.2, 0) is 6.54 Å². The molecular weight excluding hydrogens is 230 g/mol. The van der Waals surface area contributed by atoms with E-state index in [4.69, 9.17) is 0 Å². The molecule has 0 radical (unpaired) electrons. The highest BCUT2D eigenvalue weighted by Gasteiger charge is 2.30. The van der Waals surface area contributed by atoms with Gasteiger partial charge in [0.1, 0.15) is 0 Å². The van der Waals surface area contributed by atoms with Gasteiger partial charge in [0.2, 0.25) is 0 Å². The van der Waals surface area contributed by atoms with E-state index >= 15 is 0 Å². The van der Waals surface area contributed by atoms with Crippen LogP contribution in [0.4, 0.5) is 5.13 Å². The fourth-order valence-corrected chi connectivity index (χ4v) is 2.92. The van der Waals surface area contributed by atoms with Crippen LogP contribution >= 0.6 is 11.3 Å². The molecule has 1 aromatic heterocycles. The summed E-state index contributed by atoms with van der Waals surface area (Å²) in [5.74, 6) is 0.936. The van der Waals surface area contributed by atoms with Gasteiger partial charge in [-0.05, 0) is 39.2 Å². The van der Waals surface area contributed by atoms with Crippen molar-refractivity contribution < 1.29 is 0 Å². The summed E-state index contributed by atoms with van der Waals surface area (Å²) >= 11 is 1.79. The maximum Gasteiger partial charge on any atom is 0.182 e. The monoisotopic (exact) mass is 253 g/mol. The van der Waals surface area contributed by atoms with Crippen molar-refractivity contribution in [3.8, 4) is 0 Å². The van der Waals surface area contributed by atoms with Crippen LogP contribution in [-0.4, -0.2) is 29.5 Å². The summed E-state index contributed by atoms with van der Waals surface area (Å²) in [6, 6.07) is 0.712. The summed E-state index contributed by atoms with van der Waals surface area (Å²) < 4.78 is 0. The zero-order valence-electron chi connectivity index (χ0n) is 11.1. The van der Waals surface area contributed by atoms with Gasteiger partial charge in [0.05, 0.1) is 0 Å². The lowest BCUT2D eigenvalue weighted by molar-refractivity contribution is 0.228. The fourth-order valence-electron chi connectivity index (χ4n) is 2.02. The minimum atomic E-state index is 0.712. The second kappa shape index (κ2) is 5.83. The molecule has 1 saturated carbocycles. The molecule has 1 N–H and O–H groups in total. The van der Waals surface area contributed by atoms with Gasteiger partial charge < -0.3 is 5.32 Å². The Morgan fingerprint density at radius 3 is 3.00 bits per heavy atom. The van der Waals surface area contributed by atoms with E-state index in [0.717, 1.165) is 30.6 Å². The van der Waals surface area contributed by atoms with Crippen LogP contribution in [0.15, 0.2) is 6.20 Å². The van der Waals surface area contributed by atoms with Gasteiger partial charge in [0.15, 0.2) is 5.13 Å². The van der Waals surface area contributed by atoms with Crippen molar-refractivity contribution in [1.29, 1.82) is 0 Å². The predicted octanol–water partition coefficient (Wildman–Crippen LogP) is 3.20. The number of nitrogens with zero attached hydrogens (tertiary/aromatic N) is 2. The van der Waals surface area contributed by atoms with Crippen molar-refractivity contribution in [2.24, 2.45) is 5.92 Å². The normalized spacial score (nSPS) is 17.4. The van der Waals surface area contributed by atoms with E-state index in [1.54, 1.807) is 11.3 Å². The first-order valence-corrected chi connectivity index (χ1v) is 7.41. The highest BCUT2D eigenvalue weighted by atomic mass is 32.1. The molecule has 0 amide bonds. The molecule has 1 heterocycles. The highest BCUT2D eigenvalue weighted by molar-refractivity contribution is 7.15. The molecule has 1 aliphatic carbocycles. The fraction of sp³-hybridized carbons (Fsp3) is 0.769. The Bertz CT molecular complexity index is 346. The Morgan fingerprint density at radius 2 is 2.35 bits per heavy atom.